The molecule has 0 saturated carbocycles. The smallest absolute Gasteiger partial charge is 0.335 e. The summed E-state index contributed by atoms with van der Waals surface area (Å²) in [5.74, 6) is -0.928. The van der Waals surface area contributed by atoms with Crippen molar-refractivity contribution in [3.8, 4) is 11.3 Å². The molecule has 0 aliphatic rings. The molecule has 0 fully saturated rings. The summed E-state index contributed by atoms with van der Waals surface area (Å²) >= 11 is 0. The topological polar surface area (TPSA) is 50.2 Å². The van der Waals surface area contributed by atoms with Crippen LogP contribution in [0.15, 0.2) is 42.6 Å². The average Bonchev–Trinajstić information content (AvgIpc) is 2.46. The maximum atomic E-state index is 10.9. The van der Waals surface area contributed by atoms with Crippen molar-refractivity contribution in [1.29, 1.82) is 0 Å². The Hall–Kier alpha value is -2.16. The van der Waals surface area contributed by atoms with E-state index in [1.54, 1.807) is 6.07 Å². The molecule has 1 heterocycles. The Morgan fingerprint density at radius 3 is 2.58 bits per heavy atom. The van der Waals surface area contributed by atoms with E-state index in [2.05, 4.69) is 24.0 Å². The molecule has 1 aromatic heterocycles. The van der Waals surface area contributed by atoms with Gasteiger partial charge in [-0.3, -0.25) is 4.98 Å². The number of unbranched alkanes of at least 4 members (excludes halogenated alkanes) is 1. The van der Waals surface area contributed by atoms with E-state index in [0.29, 0.717) is 5.69 Å². The zero-order valence-corrected chi connectivity index (χ0v) is 11.0. The van der Waals surface area contributed by atoms with E-state index in [-0.39, 0.29) is 5.56 Å². The minimum Gasteiger partial charge on any atom is -0.478 e. The molecular weight excluding hydrogens is 238 g/mol. The molecule has 0 spiro atoms. The Kier molecular flexibility index (Phi) is 4.29. The number of carbonyl (C=O) groups is 1. The lowest BCUT2D eigenvalue weighted by Crippen LogP contribution is -1.97. The van der Waals surface area contributed by atoms with Gasteiger partial charge in [0.25, 0.3) is 0 Å². The molecule has 0 aliphatic heterocycles. The maximum absolute atomic E-state index is 10.9. The molecule has 1 N–H and O–H groups in total. The molecule has 0 amide bonds. The number of aryl methyl sites for hydroxylation is 1. The second kappa shape index (κ2) is 6.14. The summed E-state index contributed by atoms with van der Waals surface area (Å²) in [5, 5.41) is 8.97. The third-order valence-electron chi connectivity index (χ3n) is 3.08. The van der Waals surface area contributed by atoms with Crippen LogP contribution in [0.1, 0.15) is 35.7 Å². The zero-order chi connectivity index (χ0) is 13.7. The fraction of sp³-hybridized carbons (Fsp3) is 0.250. The SMILES string of the molecule is CCCCc1ccc(-c2cc(C(=O)O)ccn2)cc1. The first kappa shape index (κ1) is 13.3. The molecule has 0 atom stereocenters. The van der Waals surface area contributed by atoms with E-state index >= 15 is 0 Å². The highest BCUT2D eigenvalue weighted by atomic mass is 16.4. The van der Waals surface area contributed by atoms with Gasteiger partial charge in [-0.2, -0.15) is 0 Å². The Morgan fingerprint density at radius 2 is 1.95 bits per heavy atom. The van der Waals surface area contributed by atoms with Crippen molar-refractivity contribution in [3.63, 3.8) is 0 Å². The lowest BCUT2D eigenvalue weighted by Gasteiger charge is -2.04. The predicted molar refractivity (Wildman–Crippen MR) is 75.2 cm³/mol. The van der Waals surface area contributed by atoms with E-state index in [9.17, 15) is 4.79 Å². The molecule has 3 heteroatoms. The lowest BCUT2D eigenvalue weighted by molar-refractivity contribution is 0.0697. The Morgan fingerprint density at radius 1 is 1.21 bits per heavy atom. The summed E-state index contributed by atoms with van der Waals surface area (Å²) in [6.45, 7) is 2.18. The van der Waals surface area contributed by atoms with Gasteiger partial charge in [0.15, 0.2) is 0 Å². The zero-order valence-electron chi connectivity index (χ0n) is 11.0. The highest BCUT2D eigenvalue weighted by Crippen LogP contribution is 2.19. The number of carboxylic acids is 1. The van der Waals surface area contributed by atoms with Crippen LogP contribution < -0.4 is 0 Å². The minimum absolute atomic E-state index is 0.264. The van der Waals surface area contributed by atoms with Crippen LogP contribution in [0.4, 0.5) is 0 Å². The molecule has 0 saturated heterocycles. The summed E-state index contributed by atoms with van der Waals surface area (Å²) < 4.78 is 0. The van der Waals surface area contributed by atoms with Crippen LogP contribution >= 0.6 is 0 Å². The molecule has 3 nitrogen and oxygen atoms in total. The summed E-state index contributed by atoms with van der Waals surface area (Å²) in [6, 6.07) is 11.3. The number of nitrogens with zero attached hydrogens (tertiary/aromatic N) is 1. The number of pyridine rings is 1. The first-order valence-corrected chi connectivity index (χ1v) is 6.49. The van der Waals surface area contributed by atoms with Gasteiger partial charge >= 0.3 is 5.97 Å². The molecule has 0 radical (unpaired) electrons. The van der Waals surface area contributed by atoms with E-state index in [1.807, 2.05) is 12.1 Å². The third-order valence-corrected chi connectivity index (χ3v) is 3.08. The van der Waals surface area contributed by atoms with Crippen LogP contribution in [0.3, 0.4) is 0 Å². The highest BCUT2D eigenvalue weighted by molar-refractivity contribution is 5.88. The first-order chi connectivity index (χ1) is 9.20. The van der Waals surface area contributed by atoms with Gasteiger partial charge in [0, 0.05) is 11.8 Å². The maximum Gasteiger partial charge on any atom is 0.335 e. The molecule has 0 bridgehead atoms. The van der Waals surface area contributed by atoms with Gasteiger partial charge in [-0.05, 0) is 30.5 Å². The summed E-state index contributed by atoms with van der Waals surface area (Å²) in [6.07, 6.45) is 4.99. The molecule has 98 valence electrons. The lowest BCUT2D eigenvalue weighted by atomic mass is 10.0. The Bertz CT molecular complexity index is 561. The van der Waals surface area contributed by atoms with Crippen molar-refractivity contribution >= 4 is 5.97 Å². The van der Waals surface area contributed by atoms with Crippen molar-refractivity contribution in [2.24, 2.45) is 0 Å². The molecular formula is C16H17NO2. The van der Waals surface area contributed by atoms with Gasteiger partial charge in [0.05, 0.1) is 11.3 Å². The van der Waals surface area contributed by atoms with Crippen LogP contribution in [-0.4, -0.2) is 16.1 Å². The number of carboxylic acid groups (broad SMARTS) is 1. The highest BCUT2D eigenvalue weighted by Gasteiger charge is 2.05. The molecule has 0 unspecified atom stereocenters. The van der Waals surface area contributed by atoms with E-state index in [1.165, 1.54) is 30.7 Å². The van der Waals surface area contributed by atoms with Crippen molar-refractivity contribution in [2.45, 2.75) is 26.2 Å². The number of rotatable bonds is 5. The molecule has 2 rings (SSSR count). The van der Waals surface area contributed by atoms with Crippen LogP contribution in [-0.2, 0) is 6.42 Å². The van der Waals surface area contributed by atoms with E-state index in [4.69, 9.17) is 5.11 Å². The van der Waals surface area contributed by atoms with Gasteiger partial charge in [0.2, 0.25) is 0 Å². The largest absolute Gasteiger partial charge is 0.478 e. The predicted octanol–water partition coefficient (Wildman–Crippen LogP) is 3.79. The fourth-order valence-electron chi connectivity index (χ4n) is 1.94. The monoisotopic (exact) mass is 255 g/mol. The summed E-state index contributed by atoms with van der Waals surface area (Å²) in [7, 11) is 0. The molecule has 0 aliphatic carbocycles. The fourth-order valence-corrected chi connectivity index (χ4v) is 1.94. The van der Waals surface area contributed by atoms with Crippen molar-refractivity contribution < 1.29 is 9.90 Å². The molecule has 19 heavy (non-hydrogen) atoms. The molecule has 2 aromatic rings. The Labute approximate surface area is 112 Å². The van der Waals surface area contributed by atoms with Crippen LogP contribution in [0.5, 0.6) is 0 Å². The number of aromatic nitrogens is 1. The van der Waals surface area contributed by atoms with Gasteiger partial charge < -0.3 is 5.11 Å². The quantitative estimate of drug-likeness (QED) is 0.884. The summed E-state index contributed by atoms with van der Waals surface area (Å²) in [4.78, 5) is 15.1. The third kappa shape index (κ3) is 3.41. The first-order valence-electron chi connectivity index (χ1n) is 6.49. The second-order valence-corrected chi connectivity index (χ2v) is 4.54. The van der Waals surface area contributed by atoms with E-state index < -0.39 is 5.97 Å². The average molecular weight is 255 g/mol. The van der Waals surface area contributed by atoms with Gasteiger partial charge in [-0.25, -0.2) is 4.79 Å². The van der Waals surface area contributed by atoms with Crippen LogP contribution in [0, 0.1) is 0 Å². The van der Waals surface area contributed by atoms with Gasteiger partial charge in [-0.15, -0.1) is 0 Å². The number of hydrogen-bond acceptors (Lipinski definition) is 2. The van der Waals surface area contributed by atoms with Gasteiger partial charge in [-0.1, -0.05) is 37.6 Å². The van der Waals surface area contributed by atoms with Crippen LogP contribution in [0.25, 0.3) is 11.3 Å². The van der Waals surface area contributed by atoms with Crippen molar-refractivity contribution in [1.82, 2.24) is 4.98 Å². The Balaban J connectivity index is 2.22. The number of hydrogen-bond donors (Lipinski definition) is 1. The summed E-state index contributed by atoms with van der Waals surface area (Å²) in [5.41, 5.74) is 3.21. The number of benzene rings is 1. The minimum atomic E-state index is -0.928. The van der Waals surface area contributed by atoms with E-state index in [0.717, 1.165) is 12.0 Å². The standard InChI is InChI=1S/C16H17NO2/c1-2-3-4-12-5-7-13(8-6-12)15-11-14(16(18)19)9-10-17-15/h5-11H,2-4H2,1H3,(H,18,19). The normalized spacial score (nSPS) is 10.4. The van der Waals surface area contributed by atoms with Gasteiger partial charge in [0.1, 0.15) is 0 Å². The number of aromatic carboxylic acids is 1. The van der Waals surface area contributed by atoms with Crippen molar-refractivity contribution in [2.75, 3.05) is 0 Å². The second-order valence-electron chi connectivity index (χ2n) is 4.54. The van der Waals surface area contributed by atoms with Crippen LogP contribution in [0.2, 0.25) is 0 Å². The molecule has 1 aromatic carbocycles. The van der Waals surface area contributed by atoms with Crippen molar-refractivity contribution in [3.05, 3.63) is 53.7 Å².